The number of aromatic nitrogens is 1. The highest BCUT2D eigenvalue weighted by Crippen LogP contribution is 2.37. The van der Waals surface area contributed by atoms with Crippen LogP contribution in [0.1, 0.15) is 24.8 Å². The van der Waals surface area contributed by atoms with Crippen molar-refractivity contribution < 1.29 is 23.4 Å². The first-order valence-corrected chi connectivity index (χ1v) is 8.68. The average Bonchev–Trinajstić information content (AvgIpc) is 3.03. The average molecular weight is 359 g/mol. The third-order valence-corrected chi connectivity index (χ3v) is 5.18. The standard InChI is InChI=1S/C17H24F3N3O2/c18-17(19,20)15-2-1-6-21-16(15)22-7-5-12(8-22)9-23-10-14(25)4-3-13(23)11-24/h1-2,6,12-14,24-25H,3-5,7-11H2/t12-,13+,14+/m0/s1. The summed E-state index contributed by atoms with van der Waals surface area (Å²) in [6.45, 7) is 2.27. The van der Waals surface area contributed by atoms with E-state index in [0.717, 1.165) is 18.9 Å². The van der Waals surface area contributed by atoms with Gasteiger partial charge < -0.3 is 15.1 Å². The van der Waals surface area contributed by atoms with Gasteiger partial charge in [-0.15, -0.1) is 0 Å². The van der Waals surface area contributed by atoms with Gasteiger partial charge in [-0.25, -0.2) is 4.98 Å². The Kier molecular flexibility index (Phi) is 5.50. The van der Waals surface area contributed by atoms with Crippen LogP contribution in [0.5, 0.6) is 0 Å². The molecule has 5 nitrogen and oxygen atoms in total. The number of aliphatic hydroxyl groups is 2. The quantitative estimate of drug-likeness (QED) is 0.858. The van der Waals surface area contributed by atoms with Crippen molar-refractivity contribution in [2.45, 2.75) is 37.6 Å². The lowest BCUT2D eigenvalue weighted by Crippen LogP contribution is -2.49. The van der Waals surface area contributed by atoms with Gasteiger partial charge in [0.05, 0.1) is 18.3 Å². The summed E-state index contributed by atoms with van der Waals surface area (Å²) in [5, 5.41) is 19.4. The number of nitrogens with zero attached hydrogens (tertiary/aromatic N) is 3. The first kappa shape index (κ1) is 18.4. The molecule has 0 saturated carbocycles. The van der Waals surface area contributed by atoms with Gasteiger partial charge in [0, 0.05) is 38.4 Å². The summed E-state index contributed by atoms with van der Waals surface area (Å²) in [5.41, 5.74) is -0.697. The Labute approximate surface area is 145 Å². The summed E-state index contributed by atoms with van der Waals surface area (Å²) < 4.78 is 39.5. The first-order chi connectivity index (χ1) is 11.9. The molecule has 3 atom stereocenters. The van der Waals surface area contributed by atoms with Crippen LogP contribution in [0.4, 0.5) is 19.0 Å². The van der Waals surface area contributed by atoms with Crippen molar-refractivity contribution in [2.75, 3.05) is 37.7 Å². The molecule has 2 saturated heterocycles. The fraction of sp³-hybridized carbons (Fsp3) is 0.706. The highest BCUT2D eigenvalue weighted by atomic mass is 19.4. The number of aliphatic hydroxyl groups excluding tert-OH is 2. The molecular formula is C17H24F3N3O2. The lowest BCUT2D eigenvalue weighted by atomic mass is 9.98. The van der Waals surface area contributed by atoms with Crippen LogP contribution in [0.2, 0.25) is 0 Å². The predicted octanol–water partition coefficient (Wildman–Crippen LogP) is 1.74. The molecule has 0 amide bonds. The summed E-state index contributed by atoms with van der Waals surface area (Å²) in [7, 11) is 0. The largest absolute Gasteiger partial charge is 0.419 e. The summed E-state index contributed by atoms with van der Waals surface area (Å²) in [4.78, 5) is 7.73. The predicted molar refractivity (Wildman–Crippen MR) is 87.2 cm³/mol. The van der Waals surface area contributed by atoms with Crippen molar-refractivity contribution in [1.82, 2.24) is 9.88 Å². The molecule has 3 heterocycles. The zero-order chi connectivity index (χ0) is 18.0. The number of hydrogen-bond acceptors (Lipinski definition) is 5. The number of likely N-dealkylation sites (tertiary alicyclic amines) is 1. The number of halogens is 3. The van der Waals surface area contributed by atoms with Gasteiger partial charge in [-0.05, 0) is 37.3 Å². The molecule has 0 bridgehead atoms. The van der Waals surface area contributed by atoms with Crippen LogP contribution in [0, 0.1) is 5.92 Å². The smallest absolute Gasteiger partial charge is 0.395 e. The summed E-state index contributed by atoms with van der Waals surface area (Å²) in [6, 6.07) is 2.40. The van der Waals surface area contributed by atoms with Crippen LogP contribution >= 0.6 is 0 Å². The molecule has 8 heteroatoms. The summed E-state index contributed by atoms with van der Waals surface area (Å²) >= 11 is 0. The Morgan fingerprint density at radius 2 is 2.00 bits per heavy atom. The Morgan fingerprint density at radius 3 is 2.72 bits per heavy atom. The minimum absolute atomic E-state index is 0.00473. The van der Waals surface area contributed by atoms with Crippen LogP contribution < -0.4 is 4.90 Å². The van der Waals surface area contributed by atoms with Gasteiger partial charge in [0.25, 0.3) is 0 Å². The molecule has 2 N–H and O–H groups in total. The summed E-state index contributed by atoms with van der Waals surface area (Å²) in [5.74, 6) is 0.192. The molecule has 1 aromatic heterocycles. The lowest BCUT2D eigenvalue weighted by molar-refractivity contribution is -0.137. The number of β-amino-alcohol motifs (C(OH)–C–C–N with tert-alkyl or cyclic N) is 1. The molecule has 2 fully saturated rings. The van der Waals surface area contributed by atoms with Crippen LogP contribution in [-0.4, -0.2) is 65.0 Å². The van der Waals surface area contributed by atoms with Crippen molar-refractivity contribution in [3.05, 3.63) is 23.9 Å². The number of pyridine rings is 1. The SMILES string of the molecule is OC[C@H]1CC[C@@H](O)CN1C[C@H]1CCN(c2ncccc2C(F)(F)F)C1. The van der Waals surface area contributed by atoms with Crippen molar-refractivity contribution in [3.8, 4) is 0 Å². The molecule has 0 spiro atoms. The Morgan fingerprint density at radius 1 is 1.20 bits per heavy atom. The van der Waals surface area contributed by atoms with E-state index in [0.29, 0.717) is 32.6 Å². The van der Waals surface area contributed by atoms with E-state index < -0.39 is 17.8 Å². The van der Waals surface area contributed by atoms with Gasteiger partial charge >= 0.3 is 6.18 Å². The van der Waals surface area contributed by atoms with E-state index in [1.165, 1.54) is 12.3 Å². The maximum absolute atomic E-state index is 13.2. The van der Waals surface area contributed by atoms with Gasteiger partial charge in [0.2, 0.25) is 0 Å². The zero-order valence-electron chi connectivity index (χ0n) is 14.0. The van der Waals surface area contributed by atoms with Crippen LogP contribution in [0.15, 0.2) is 18.3 Å². The molecule has 25 heavy (non-hydrogen) atoms. The highest BCUT2D eigenvalue weighted by Gasteiger charge is 2.38. The third-order valence-electron chi connectivity index (χ3n) is 5.18. The van der Waals surface area contributed by atoms with Crippen molar-refractivity contribution >= 4 is 5.82 Å². The van der Waals surface area contributed by atoms with E-state index in [9.17, 15) is 23.4 Å². The fourth-order valence-corrected chi connectivity index (χ4v) is 3.88. The van der Waals surface area contributed by atoms with Gasteiger partial charge in [0.1, 0.15) is 5.82 Å². The van der Waals surface area contributed by atoms with Crippen molar-refractivity contribution in [2.24, 2.45) is 5.92 Å². The molecule has 1 aromatic rings. The van der Waals surface area contributed by atoms with Crippen LogP contribution in [0.3, 0.4) is 0 Å². The third kappa shape index (κ3) is 4.24. The molecule has 0 aliphatic carbocycles. The van der Waals surface area contributed by atoms with Gasteiger partial charge in [-0.1, -0.05) is 0 Å². The first-order valence-electron chi connectivity index (χ1n) is 8.68. The van der Waals surface area contributed by atoms with Crippen LogP contribution in [-0.2, 0) is 6.18 Å². The summed E-state index contributed by atoms with van der Waals surface area (Å²) in [6.07, 6.45) is -1.22. The van der Waals surface area contributed by atoms with E-state index in [2.05, 4.69) is 9.88 Å². The van der Waals surface area contributed by atoms with Gasteiger partial charge in [0.15, 0.2) is 0 Å². The zero-order valence-corrected chi connectivity index (χ0v) is 14.0. The molecule has 0 unspecified atom stereocenters. The van der Waals surface area contributed by atoms with Crippen molar-refractivity contribution in [3.63, 3.8) is 0 Å². The highest BCUT2D eigenvalue weighted by molar-refractivity contribution is 5.49. The number of alkyl halides is 3. The molecule has 0 radical (unpaired) electrons. The second-order valence-corrected chi connectivity index (χ2v) is 6.99. The molecule has 0 aromatic carbocycles. The van der Waals surface area contributed by atoms with E-state index in [1.807, 2.05) is 0 Å². The van der Waals surface area contributed by atoms with Crippen LogP contribution in [0.25, 0.3) is 0 Å². The van der Waals surface area contributed by atoms with Crippen molar-refractivity contribution in [1.29, 1.82) is 0 Å². The maximum Gasteiger partial charge on any atom is 0.419 e. The second-order valence-electron chi connectivity index (χ2n) is 6.99. The second kappa shape index (κ2) is 7.47. The van der Waals surface area contributed by atoms with E-state index in [1.54, 1.807) is 4.90 Å². The molecule has 3 rings (SSSR count). The molecule has 140 valence electrons. The van der Waals surface area contributed by atoms with Gasteiger partial charge in [-0.2, -0.15) is 13.2 Å². The molecule has 2 aliphatic rings. The molecular weight excluding hydrogens is 335 g/mol. The Hall–Kier alpha value is -1.38. The normalized spacial score (nSPS) is 28.5. The number of anilines is 1. The Bertz CT molecular complexity index is 585. The fourth-order valence-electron chi connectivity index (χ4n) is 3.88. The maximum atomic E-state index is 13.2. The number of hydrogen-bond donors (Lipinski definition) is 2. The minimum Gasteiger partial charge on any atom is -0.395 e. The van der Waals surface area contributed by atoms with E-state index >= 15 is 0 Å². The number of rotatable bonds is 4. The monoisotopic (exact) mass is 359 g/mol. The number of piperidine rings is 1. The molecule has 2 aliphatic heterocycles. The van der Waals surface area contributed by atoms with Gasteiger partial charge in [-0.3, -0.25) is 4.90 Å². The Balaban J connectivity index is 1.66. The van der Waals surface area contributed by atoms with E-state index in [-0.39, 0.29) is 24.4 Å². The lowest BCUT2D eigenvalue weighted by Gasteiger charge is -2.38. The van der Waals surface area contributed by atoms with E-state index in [4.69, 9.17) is 0 Å². The topological polar surface area (TPSA) is 59.8 Å². The minimum atomic E-state index is -4.42.